The first-order chi connectivity index (χ1) is 3.72. The highest BCUT2D eigenvalue weighted by Crippen LogP contribution is 2.28. The van der Waals surface area contributed by atoms with Crippen LogP contribution >= 0.6 is 0 Å². The van der Waals surface area contributed by atoms with Gasteiger partial charge in [-0.1, -0.05) is 13.8 Å². The first-order valence-corrected chi connectivity index (χ1v) is 3.20. The van der Waals surface area contributed by atoms with Crippen molar-refractivity contribution >= 4 is 0 Å². The summed E-state index contributed by atoms with van der Waals surface area (Å²) in [5.74, 6) is 1.35. The van der Waals surface area contributed by atoms with Gasteiger partial charge in [0.2, 0.25) is 0 Å². The molecule has 1 rings (SSSR count). The van der Waals surface area contributed by atoms with Gasteiger partial charge in [-0.05, 0) is 18.8 Å². The van der Waals surface area contributed by atoms with E-state index >= 15 is 0 Å². The summed E-state index contributed by atoms with van der Waals surface area (Å²) in [4.78, 5) is 0. The minimum Gasteiger partial charge on any atom is -0.372 e. The third-order valence-corrected chi connectivity index (χ3v) is 2.08. The Bertz CT molecular complexity index is 70.5. The summed E-state index contributed by atoms with van der Waals surface area (Å²) < 4.78 is 5.25. The molecule has 8 heavy (non-hydrogen) atoms. The second-order valence-electron chi connectivity index (χ2n) is 2.70. The molecule has 47 valence electrons. The summed E-state index contributed by atoms with van der Waals surface area (Å²) in [5, 5.41) is 0. The van der Waals surface area contributed by atoms with Gasteiger partial charge in [0.25, 0.3) is 0 Å². The van der Waals surface area contributed by atoms with Crippen LogP contribution in [-0.4, -0.2) is 6.10 Å². The van der Waals surface area contributed by atoms with Gasteiger partial charge in [0.05, 0.1) is 12.7 Å². The van der Waals surface area contributed by atoms with Crippen LogP contribution < -0.4 is 0 Å². The third kappa shape index (κ3) is 0.873. The Morgan fingerprint density at radius 1 is 1.25 bits per heavy atom. The van der Waals surface area contributed by atoms with Crippen molar-refractivity contribution in [3.05, 3.63) is 6.61 Å². The number of rotatable bonds is 0. The van der Waals surface area contributed by atoms with Crippen LogP contribution in [0, 0.1) is 18.4 Å². The third-order valence-electron chi connectivity index (χ3n) is 2.08. The van der Waals surface area contributed by atoms with Crippen LogP contribution in [0.2, 0.25) is 0 Å². The molecule has 1 saturated heterocycles. The van der Waals surface area contributed by atoms with Crippen LogP contribution in [0.5, 0.6) is 0 Å². The standard InChI is InChI=1S/C7H13O/c1-5-4-8-7(3)6(5)2/h4-7H,1-3H3. The van der Waals surface area contributed by atoms with E-state index in [1.807, 2.05) is 6.61 Å². The van der Waals surface area contributed by atoms with Crippen LogP contribution in [-0.2, 0) is 4.74 Å². The van der Waals surface area contributed by atoms with E-state index in [9.17, 15) is 0 Å². The minimum absolute atomic E-state index is 0.435. The molecule has 0 spiro atoms. The molecule has 0 aliphatic carbocycles. The first kappa shape index (κ1) is 6.09. The summed E-state index contributed by atoms with van der Waals surface area (Å²) in [6.07, 6.45) is 0.435. The SMILES string of the molecule is CC1[CH]OC(C)C1C. The van der Waals surface area contributed by atoms with Crippen molar-refractivity contribution < 1.29 is 4.74 Å². The maximum atomic E-state index is 5.25. The first-order valence-electron chi connectivity index (χ1n) is 3.20. The Labute approximate surface area is 51.0 Å². The molecule has 3 atom stereocenters. The van der Waals surface area contributed by atoms with E-state index in [1.165, 1.54) is 0 Å². The molecule has 1 radical (unpaired) electrons. The lowest BCUT2D eigenvalue weighted by Crippen LogP contribution is -2.10. The predicted octanol–water partition coefficient (Wildman–Crippen LogP) is 1.84. The van der Waals surface area contributed by atoms with Crippen molar-refractivity contribution in [1.29, 1.82) is 0 Å². The predicted molar refractivity (Wildman–Crippen MR) is 33.2 cm³/mol. The van der Waals surface area contributed by atoms with Gasteiger partial charge in [0.1, 0.15) is 0 Å². The lowest BCUT2D eigenvalue weighted by atomic mass is 9.96. The molecule has 0 aromatic carbocycles. The molecule has 0 bridgehead atoms. The monoisotopic (exact) mass is 113 g/mol. The van der Waals surface area contributed by atoms with Crippen LogP contribution in [0.4, 0.5) is 0 Å². The Kier molecular flexibility index (Phi) is 1.57. The molecule has 0 aromatic rings. The molecule has 0 aromatic heterocycles. The van der Waals surface area contributed by atoms with Gasteiger partial charge in [-0.15, -0.1) is 0 Å². The quantitative estimate of drug-likeness (QED) is 0.465. The van der Waals surface area contributed by atoms with Crippen LogP contribution in [0.3, 0.4) is 0 Å². The minimum atomic E-state index is 0.435. The maximum Gasteiger partial charge on any atom is 0.0872 e. The zero-order chi connectivity index (χ0) is 6.15. The summed E-state index contributed by atoms with van der Waals surface area (Å²) in [7, 11) is 0. The fourth-order valence-corrected chi connectivity index (χ4v) is 0.923. The lowest BCUT2D eigenvalue weighted by molar-refractivity contribution is 0.147. The van der Waals surface area contributed by atoms with Crippen LogP contribution in [0.15, 0.2) is 0 Å². The lowest BCUT2D eigenvalue weighted by Gasteiger charge is -2.08. The average molecular weight is 113 g/mol. The van der Waals surface area contributed by atoms with Gasteiger partial charge >= 0.3 is 0 Å². The summed E-state index contributed by atoms with van der Waals surface area (Å²) >= 11 is 0. The number of hydrogen-bond acceptors (Lipinski definition) is 1. The highest BCUT2D eigenvalue weighted by atomic mass is 16.5. The molecule has 1 nitrogen and oxygen atoms in total. The Morgan fingerprint density at radius 2 is 1.88 bits per heavy atom. The molecule has 1 fully saturated rings. The van der Waals surface area contributed by atoms with Gasteiger partial charge in [0, 0.05) is 0 Å². The molecule has 1 heterocycles. The van der Waals surface area contributed by atoms with Crippen molar-refractivity contribution in [3.8, 4) is 0 Å². The van der Waals surface area contributed by atoms with E-state index in [0.717, 1.165) is 0 Å². The largest absolute Gasteiger partial charge is 0.372 e. The molecule has 3 unspecified atom stereocenters. The van der Waals surface area contributed by atoms with Crippen molar-refractivity contribution in [3.63, 3.8) is 0 Å². The molecule has 0 N–H and O–H groups in total. The number of hydrogen-bond donors (Lipinski definition) is 0. The summed E-state index contributed by atoms with van der Waals surface area (Å²) in [6, 6.07) is 0. The number of ether oxygens (including phenoxy) is 1. The van der Waals surface area contributed by atoms with Gasteiger partial charge in [-0.25, -0.2) is 0 Å². The van der Waals surface area contributed by atoms with Crippen molar-refractivity contribution in [1.82, 2.24) is 0 Å². The highest BCUT2D eigenvalue weighted by Gasteiger charge is 2.27. The topological polar surface area (TPSA) is 9.23 Å². The van der Waals surface area contributed by atoms with E-state index in [2.05, 4.69) is 20.8 Å². The summed E-state index contributed by atoms with van der Waals surface area (Å²) in [5.41, 5.74) is 0. The maximum absolute atomic E-state index is 5.25. The molecular weight excluding hydrogens is 100 g/mol. The van der Waals surface area contributed by atoms with E-state index in [4.69, 9.17) is 4.74 Å². The fourth-order valence-electron chi connectivity index (χ4n) is 0.923. The smallest absolute Gasteiger partial charge is 0.0872 e. The van der Waals surface area contributed by atoms with E-state index in [1.54, 1.807) is 0 Å². The second-order valence-corrected chi connectivity index (χ2v) is 2.70. The molecule has 1 aliphatic heterocycles. The van der Waals surface area contributed by atoms with Gasteiger partial charge in [-0.2, -0.15) is 0 Å². The fraction of sp³-hybridized carbons (Fsp3) is 0.857. The Morgan fingerprint density at radius 3 is 2.00 bits per heavy atom. The van der Waals surface area contributed by atoms with Crippen molar-refractivity contribution in [2.24, 2.45) is 11.8 Å². The van der Waals surface area contributed by atoms with Crippen LogP contribution in [0.25, 0.3) is 0 Å². The van der Waals surface area contributed by atoms with E-state index < -0.39 is 0 Å². The molecule has 0 amide bonds. The highest BCUT2D eigenvalue weighted by molar-refractivity contribution is 4.81. The average Bonchev–Trinajstić information content (AvgIpc) is 1.98. The van der Waals surface area contributed by atoms with Gasteiger partial charge in [0.15, 0.2) is 0 Å². The zero-order valence-corrected chi connectivity index (χ0v) is 5.72. The normalized spacial score (nSPS) is 47.6. The van der Waals surface area contributed by atoms with E-state index in [-0.39, 0.29) is 0 Å². The molecule has 0 saturated carbocycles. The molecule has 1 aliphatic rings. The second kappa shape index (κ2) is 2.06. The van der Waals surface area contributed by atoms with Crippen molar-refractivity contribution in [2.75, 3.05) is 0 Å². The van der Waals surface area contributed by atoms with Gasteiger partial charge in [-0.3, -0.25) is 0 Å². The zero-order valence-electron chi connectivity index (χ0n) is 5.72. The Hall–Kier alpha value is -0.0400. The molecule has 1 heteroatoms. The Balaban J connectivity index is 2.44. The summed E-state index contributed by atoms with van der Waals surface area (Å²) in [6.45, 7) is 8.47. The molecular formula is C7H13O. The van der Waals surface area contributed by atoms with Gasteiger partial charge < -0.3 is 4.74 Å². The van der Waals surface area contributed by atoms with Crippen LogP contribution in [0.1, 0.15) is 20.8 Å². The van der Waals surface area contributed by atoms with E-state index in [0.29, 0.717) is 17.9 Å². The van der Waals surface area contributed by atoms with Crippen molar-refractivity contribution in [2.45, 2.75) is 26.9 Å².